The van der Waals surface area contributed by atoms with E-state index in [-0.39, 0.29) is 24.2 Å². The molecule has 4 atom stereocenters. The van der Waals surface area contributed by atoms with Crippen molar-refractivity contribution >= 4 is 0 Å². The molecule has 7 rings (SSSR count). The second-order valence-corrected chi connectivity index (χ2v) is 10.6. The van der Waals surface area contributed by atoms with Crippen molar-refractivity contribution in [3.8, 4) is 22.8 Å². The van der Waals surface area contributed by atoms with Crippen molar-refractivity contribution in [2.45, 2.75) is 62.7 Å². The number of nitrogens with zero attached hydrogens (tertiary/aromatic N) is 5. The third kappa shape index (κ3) is 4.43. The van der Waals surface area contributed by atoms with Gasteiger partial charge in [0, 0.05) is 11.1 Å². The van der Waals surface area contributed by atoms with Crippen LogP contribution in [0, 0.1) is 0 Å². The Hall–Kier alpha value is -3.44. The molecule has 4 aromatic rings. The maximum absolute atomic E-state index is 11.1. The Morgan fingerprint density at radius 2 is 1.08 bits per heavy atom. The Kier molecular flexibility index (Phi) is 6.24. The molecule has 3 fully saturated rings. The fourth-order valence-corrected chi connectivity index (χ4v) is 6.10. The van der Waals surface area contributed by atoms with E-state index in [0.29, 0.717) is 11.6 Å². The van der Waals surface area contributed by atoms with E-state index < -0.39 is 0 Å². The van der Waals surface area contributed by atoms with Gasteiger partial charge < -0.3 is 15.8 Å². The highest BCUT2D eigenvalue weighted by Gasteiger charge is 2.34. The maximum Gasteiger partial charge on any atom is 0.181 e. The number of nitrogens with one attached hydrogen (secondary N) is 4. The van der Waals surface area contributed by atoms with Gasteiger partial charge in [-0.15, -0.1) is 0 Å². The quantitative estimate of drug-likeness (QED) is 0.258. The number of benzene rings is 2. The minimum atomic E-state index is -0.0476. The average Bonchev–Trinajstić information content (AvgIpc) is 3.79. The van der Waals surface area contributed by atoms with Crippen LogP contribution < -0.4 is 10.6 Å². The van der Waals surface area contributed by atoms with Crippen molar-refractivity contribution in [1.29, 1.82) is 0 Å². The third-order valence-electron chi connectivity index (χ3n) is 8.25. The van der Waals surface area contributed by atoms with E-state index in [0.717, 1.165) is 72.7 Å². The minimum absolute atomic E-state index is 0.0476. The molecule has 0 radical (unpaired) electrons. The fraction of sp³-hybridized carbons (Fsp3) is 0.429. The normalized spacial score (nSPS) is 25.9. The summed E-state index contributed by atoms with van der Waals surface area (Å²) >= 11 is 0. The first-order valence-electron chi connectivity index (χ1n) is 13.7. The van der Waals surface area contributed by atoms with Crippen molar-refractivity contribution in [1.82, 2.24) is 46.1 Å². The van der Waals surface area contributed by atoms with Crippen LogP contribution in [0.4, 0.5) is 0 Å². The molecule has 4 unspecified atom stereocenters. The van der Waals surface area contributed by atoms with E-state index in [1.807, 2.05) is 24.3 Å². The zero-order chi connectivity index (χ0) is 25.5. The fourth-order valence-electron chi connectivity index (χ4n) is 6.10. The lowest BCUT2D eigenvalue weighted by Gasteiger charge is -2.24. The van der Waals surface area contributed by atoms with Gasteiger partial charge in [0.2, 0.25) is 0 Å². The van der Waals surface area contributed by atoms with E-state index >= 15 is 0 Å². The summed E-state index contributed by atoms with van der Waals surface area (Å²) in [6, 6.07) is 17.0. The molecule has 0 amide bonds. The Bertz CT molecular complexity index is 1260. The van der Waals surface area contributed by atoms with Gasteiger partial charge in [-0.2, -0.15) is 15.3 Å². The van der Waals surface area contributed by atoms with E-state index in [9.17, 15) is 5.21 Å². The highest BCUT2D eigenvalue weighted by Crippen LogP contribution is 2.43. The smallest absolute Gasteiger partial charge is 0.181 e. The van der Waals surface area contributed by atoms with Gasteiger partial charge in [0.15, 0.2) is 11.6 Å². The summed E-state index contributed by atoms with van der Waals surface area (Å²) in [5, 5.41) is 34.6. The minimum Gasteiger partial charge on any atom is -0.313 e. The predicted molar refractivity (Wildman–Crippen MR) is 142 cm³/mol. The van der Waals surface area contributed by atoms with Gasteiger partial charge in [-0.25, -0.2) is 9.97 Å². The van der Waals surface area contributed by atoms with Crippen LogP contribution in [0.5, 0.6) is 0 Å². The van der Waals surface area contributed by atoms with Crippen LogP contribution in [0.3, 0.4) is 0 Å². The second-order valence-electron chi connectivity index (χ2n) is 10.6. The van der Waals surface area contributed by atoms with E-state index in [4.69, 9.17) is 9.97 Å². The summed E-state index contributed by atoms with van der Waals surface area (Å²) in [5.41, 5.74) is 4.14. The molecule has 2 aromatic carbocycles. The zero-order valence-electron chi connectivity index (χ0n) is 21.3. The Morgan fingerprint density at radius 3 is 1.47 bits per heavy atom. The monoisotopic (exact) mass is 511 g/mol. The molecule has 0 spiro atoms. The molecule has 3 saturated heterocycles. The Morgan fingerprint density at radius 1 is 0.632 bits per heavy atom. The van der Waals surface area contributed by atoms with E-state index in [1.165, 1.54) is 17.9 Å². The summed E-state index contributed by atoms with van der Waals surface area (Å²) in [6.45, 7) is 2.06. The molecule has 0 aliphatic carbocycles. The first-order chi connectivity index (χ1) is 18.7. The summed E-state index contributed by atoms with van der Waals surface area (Å²) < 4.78 is 0. The van der Waals surface area contributed by atoms with E-state index in [2.05, 4.69) is 55.3 Å². The van der Waals surface area contributed by atoms with Crippen LogP contribution >= 0.6 is 0 Å². The number of hydrogen-bond donors (Lipinski definition) is 5. The van der Waals surface area contributed by atoms with Gasteiger partial charge in [-0.05, 0) is 62.7 Å². The summed E-state index contributed by atoms with van der Waals surface area (Å²) in [6.07, 6.45) is 6.28. The van der Waals surface area contributed by atoms with Gasteiger partial charge in [0.25, 0.3) is 0 Å². The molecule has 0 saturated carbocycles. The van der Waals surface area contributed by atoms with Gasteiger partial charge in [-0.3, -0.25) is 10.2 Å². The summed E-state index contributed by atoms with van der Waals surface area (Å²) in [5.74, 6) is 3.23. The first-order valence-corrected chi connectivity index (χ1v) is 13.7. The zero-order valence-corrected chi connectivity index (χ0v) is 21.3. The number of H-pyrrole nitrogens is 2. The van der Waals surface area contributed by atoms with Crippen LogP contribution in [0.15, 0.2) is 48.5 Å². The summed E-state index contributed by atoms with van der Waals surface area (Å²) in [7, 11) is 0. The van der Waals surface area contributed by atoms with Crippen LogP contribution in [-0.2, 0) is 0 Å². The average molecular weight is 512 g/mol. The van der Waals surface area contributed by atoms with Crippen molar-refractivity contribution < 1.29 is 5.21 Å². The van der Waals surface area contributed by atoms with Gasteiger partial charge in [0.1, 0.15) is 11.6 Å². The summed E-state index contributed by atoms with van der Waals surface area (Å²) in [4.78, 5) is 9.41. The number of hydrogen-bond acceptors (Lipinski definition) is 8. The van der Waals surface area contributed by atoms with Crippen molar-refractivity contribution in [3.63, 3.8) is 0 Å². The molecule has 10 heteroatoms. The molecule has 5 N–H and O–H groups in total. The van der Waals surface area contributed by atoms with Gasteiger partial charge in [0.05, 0.1) is 24.2 Å². The second kappa shape index (κ2) is 10.0. The first kappa shape index (κ1) is 23.7. The van der Waals surface area contributed by atoms with Crippen molar-refractivity contribution in [2.75, 3.05) is 13.1 Å². The van der Waals surface area contributed by atoms with Crippen LogP contribution in [-0.4, -0.2) is 53.7 Å². The number of aromatic nitrogens is 6. The van der Waals surface area contributed by atoms with E-state index in [1.54, 1.807) is 0 Å². The molecule has 0 bridgehead atoms. The lowest BCUT2D eigenvalue weighted by atomic mass is 10.0. The lowest BCUT2D eigenvalue weighted by molar-refractivity contribution is -0.137. The lowest BCUT2D eigenvalue weighted by Crippen LogP contribution is -2.22. The molecule has 3 aliphatic heterocycles. The Labute approximate surface area is 221 Å². The number of aromatic amines is 2. The largest absolute Gasteiger partial charge is 0.313 e. The van der Waals surface area contributed by atoms with Crippen LogP contribution in [0.25, 0.3) is 22.8 Å². The highest BCUT2D eigenvalue weighted by atomic mass is 16.5. The van der Waals surface area contributed by atoms with Crippen LogP contribution in [0.1, 0.15) is 85.5 Å². The maximum atomic E-state index is 11.1. The molecule has 2 aromatic heterocycles. The molecule has 38 heavy (non-hydrogen) atoms. The molecule has 3 aliphatic rings. The van der Waals surface area contributed by atoms with Crippen LogP contribution in [0.2, 0.25) is 0 Å². The molecule has 10 nitrogen and oxygen atoms in total. The Balaban J connectivity index is 1.02. The highest BCUT2D eigenvalue weighted by molar-refractivity contribution is 5.56. The van der Waals surface area contributed by atoms with Crippen molar-refractivity contribution in [2.24, 2.45) is 0 Å². The van der Waals surface area contributed by atoms with Gasteiger partial charge in [-0.1, -0.05) is 48.5 Å². The van der Waals surface area contributed by atoms with Gasteiger partial charge >= 0.3 is 0 Å². The molecule has 196 valence electrons. The standard InChI is InChI=1S/C28H33N9O/c38-37-23(17-5-9-19(10-6-17)25-31-27(35-33-25)21-3-1-15-29-21)13-14-24(37)18-7-11-20(12-8-18)26-32-28(36-34-26)22-4-2-16-30-22/h5-12,21-24,29-30,38H,1-4,13-16H2,(H,31,33,35)(H,32,34,36). The molecule has 5 heterocycles. The number of hydroxylamine groups is 2. The number of rotatable bonds is 6. The third-order valence-corrected chi connectivity index (χ3v) is 8.25. The SMILES string of the molecule is ON1C(c2ccc(-c3n[nH]c(C4CCCN4)n3)cc2)CCC1c1ccc(-c2n[nH]c(C3CCCN3)n2)cc1. The predicted octanol–water partition coefficient (Wildman–Crippen LogP) is 4.37. The molecular formula is C28H33N9O. The van der Waals surface area contributed by atoms with Crippen molar-refractivity contribution in [3.05, 3.63) is 71.3 Å². The molecular weight excluding hydrogens is 478 g/mol. The topological polar surface area (TPSA) is 131 Å².